The van der Waals surface area contributed by atoms with Crippen LogP contribution in [0.15, 0.2) is 29.3 Å². The standard InChI is InChI=1S/C16H27N5.HI/c1-14-5-4-6-15(13-14)21-11-9-20(10-12-21)8-3-2-7-19-16(17)18;/h4-6,13H,2-3,7-12H2,1H3,(H4,17,18,19);1H. The second-order valence-corrected chi connectivity index (χ2v) is 5.68. The fraction of sp³-hybridized carbons (Fsp3) is 0.562. The molecule has 0 saturated carbocycles. The monoisotopic (exact) mass is 417 g/mol. The van der Waals surface area contributed by atoms with Gasteiger partial charge in [0.2, 0.25) is 0 Å². The van der Waals surface area contributed by atoms with E-state index in [1.807, 2.05) is 0 Å². The number of hydrogen-bond acceptors (Lipinski definition) is 3. The highest BCUT2D eigenvalue weighted by Crippen LogP contribution is 2.17. The Balaban J connectivity index is 0.00000242. The highest BCUT2D eigenvalue weighted by molar-refractivity contribution is 14.0. The van der Waals surface area contributed by atoms with Crippen molar-refractivity contribution in [3.8, 4) is 0 Å². The van der Waals surface area contributed by atoms with Crippen molar-refractivity contribution >= 4 is 35.6 Å². The molecule has 1 aromatic rings. The number of nitrogens with two attached hydrogens (primary N) is 2. The number of anilines is 1. The van der Waals surface area contributed by atoms with Crippen LogP contribution < -0.4 is 16.4 Å². The molecule has 0 aliphatic carbocycles. The first-order valence-corrected chi connectivity index (χ1v) is 7.74. The van der Waals surface area contributed by atoms with Gasteiger partial charge in [-0.15, -0.1) is 24.0 Å². The Morgan fingerprint density at radius 1 is 1.14 bits per heavy atom. The van der Waals surface area contributed by atoms with Gasteiger partial charge in [0.1, 0.15) is 0 Å². The predicted octanol–water partition coefficient (Wildman–Crippen LogP) is 1.79. The number of aliphatic imine (C=N–C) groups is 1. The van der Waals surface area contributed by atoms with E-state index in [1.165, 1.54) is 11.3 Å². The smallest absolute Gasteiger partial charge is 0.185 e. The van der Waals surface area contributed by atoms with E-state index in [9.17, 15) is 0 Å². The number of benzene rings is 1. The fourth-order valence-corrected chi connectivity index (χ4v) is 2.71. The van der Waals surface area contributed by atoms with E-state index in [-0.39, 0.29) is 29.9 Å². The Kier molecular flexibility index (Phi) is 8.55. The van der Waals surface area contributed by atoms with Crippen LogP contribution in [0.2, 0.25) is 0 Å². The highest BCUT2D eigenvalue weighted by atomic mass is 127. The predicted molar refractivity (Wildman–Crippen MR) is 105 cm³/mol. The van der Waals surface area contributed by atoms with Crippen LogP contribution in [0.4, 0.5) is 5.69 Å². The van der Waals surface area contributed by atoms with E-state index in [0.29, 0.717) is 0 Å². The summed E-state index contributed by atoms with van der Waals surface area (Å²) in [6.45, 7) is 8.52. The average molecular weight is 417 g/mol. The first-order valence-electron chi connectivity index (χ1n) is 7.74. The lowest BCUT2D eigenvalue weighted by molar-refractivity contribution is 0.253. The summed E-state index contributed by atoms with van der Waals surface area (Å²) in [5.74, 6) is 0.196. The number of unbranched alkanes of at least 4 members (excludes halogenated alkanes) is 1. The van der Waals surface area contributed by atoms with E-state index in [0.717, 1.165) is 52.1 Å². The van der Waals surface area contributed by atoms with Crippen molar-refractivity contribution in [3.05, 3.63) is 29.8 Å². The lowest BCUT2D eigenvalue weighted by Gasteiger charge is -2.36. The molecule has 0 atom stereocenters. The molecule has 0 unspecified atom stereocenters. The molecule has 0 amide bonds. The zero-order valence-electron chi connectivity index (χ0n) is 13.4. The SMILES string of the molecule is Cc1cccc(N2CCN(CCCCN=C(N)N)CC2)c1.I. The molecular weight excluding hydrogens is 389 g/mol. The summed E-state index contributed by atoms with van der Waals surface area (Å²) in [7, 11) is 0. The van der Waals surface area contributed by atoms with Gasteiger partial charge in [0.25, 0.3) is 0 Å². The summed E-state index contributed by atoms with van der Waals surface area (Å²) < 4.78 is 0. The molecule has 2 rings (SSSR count). The summed E-state index contributed by atoms with van der Waals surface area (Å²) >= 11 is 0. The summed E-state index contributed by atoms with van der Waals surface area (Å²) in [5, 5.41) is 0. The molecule has 1 heterocycles. The normalized spacial score (nSPS) is 15.2. The lowest BCUT2D eigenvalue weighted by Crippen LogP contribution is -2.46. The average Bonchev–Trinajstić information content (AvgIpc) is 2.47. The lowest BCUT2D eigenvalue weighted by atomic mass is 10.2. The molecule has 4 N–H and O–H groups in total. The van der Waals surface area contributed by atoms with Crippen molar-refractivity contribution in [2.75, 3.05) is 44.2 Å². The fourth-order valence-electron chi connectivity index (χ4n) is 2.71. The molecule has 1 fully saturated rings. The van der Waals surface area contributed by atoms with Crippen LogP contribution in [0.3, 0.4) is 0 Å². The third-order valence-corrected chi connectivity index (χ3v) is 3.92. The van der Waals surface area contributed by atoms with Gasteiger partial charge in [0.05, 0.1) is 0 Å². The Labute approximate surface area is 150 Å². The maximum absolute atomic E-state index is 5.31. The van der Waals surface area contributed by atoms with Crippen molar-refractivity contribution in [3.63, 3.8) is 0 Å². The minimum Gasteiger partial charge on any atom is -0.370 e. The molecule has 22 heavy (non-hydrogen) atoms. The van der Waals surface area contributed by atoms with Gasteiger partial charge in [-0.05, 0) is 44.0 Å². The van der Waals surface area contributed by atoms with Crippen LogP contribution in [0.5, 0.6) is 0 Å². The summed E-state index contributed by atoms with van der Waals surface area (Å²) in [4.78, 5) is 9.02. The van der Waals surface area contributed by atoms with Gasteiger partial charge in [-0.3, -0.25) is 9.89 Å². The maximum atomic E-state index is 5.31. The molecule has 0 aromatic heterocycles. The van der Waals surface area contributed by atoms with Crippen molar-refractivity contribution < 1.29 is 0 Å². The first kappa shape index (κ1) is 19.0. The molecule has 1 aliphatic rings. The molecule has 124 valence electrons. The van der Waals surface area contributed by atoms with Crippen LogP contribution in [0, 0.1) is 6.92 Å². The largest absolute Gasteiger partial charge is 0.370 e. The van der Waals surface area contributed by atoms with Crippen LogP contribution in [0.25, 0.3) is 0 Å². The van der Waals surface area contributed by atoms with Crippen LogP contribution in [-0.4, -0.2) is 50.1 Å². The molecule has 0 radical (unpaired) electrons. The van der Waals surface area contributed by atoms with Gasteiger partial charge < -0.3 is 16.4 Å². The number of piperazine rings is 1. The molecular formula is C16H28IN5. The Morgan fingerprint density at radius 2 is 1.86 bits per heavy atom. The Morgan fingerprint density at radius 3 is 2.50 bits per heavy atom. The van der Waals surface area contributed by atoms with Crippen LogP contribution >= 0.6 is 24.0 Å². The van der Waals surface area contributed by atoms with E-state index in [1.54, 1.807) is 0 Å². The van der Waals surface area contributed by atoms with Gasteiger partial charge in [0, 0.05) is 38.4 Å². The van der Waals surface area contributed by atoms with E-state index < -0.39 is 0 Å². The van der Waals surface area contributed by atoms with Crippen molar-refractivity contribution in [1.82, 2.24) is 4.90 Å². The minimum atomic E-state index is 0. The number of nitrogens with zero attached hydrogens (tertiary/aromatic N) is 3. The van der Waals surface area contributed by atoms with Gasteiger partial charge in [-0.2, -0.15) is 0 Å². The number of rotatable bonds is 6. The van der Waals surface area contributed by atoms with E-state index in [2.05, 4.69) is 46.0 Å². The number of halogens is 1. The van der Waals surface area contributed by atoms with Crippen LogP contribution in [-0.2, 0) is 0 Å². The second-order valence-electron chi connectivity index (χ2n) is 5.68. The Bertz CT molecular complexity index is 465. The number of aryl methyl sites for hydroxylation is 1. The first-order chi connectivity index (χ1) is 10.1. The van der Waals surface area contributed by atoms with E-state index >= 15 is 0 Å². The van der Waals surface area contributed by atoms with Gasteiger partial charge in [-0.25, -0.2) is 0 Å². The second kappa shape index (κ2) is 9.89. The highest BCUT2D eigenvalue weighted by Gasteiger charge is 2.16. The van der Waals surface area contributed by atoms with Gasteiger partial charge in [0.15, 0.2) is 5.96 Å². The quantitative estimate of drug-likeness (QED) is 0.321. The molecule has 1 saturated heterocycles. The Hall–Kier alpha value is -1.02. The molecule has 6 heteroatoms. The third-order valence-electron chi connectivity index (χ3n) is 3.92. The van der Waals surface area contributed by atoms with Gasteiger partial charge in [-0.1, -0.05) is 12.1 Å². The zero-order chi connectivity index (χ0) is 15.1. The third kappa shape index (κ3) is 6.39. The minimum absolute atomic E-state index is 0. The molecule has 0 bridgehead atoms. The zero-order valence-corrected chi connectivity index (χ0v) is 15.7. The summed E-state index contributed by atoms with van der Waals surface area (Å²) in [6.07, 6.45) is 2.21. The van der Waals surface area contributed by atoms with Crippen molar-refractivity contribution in [2.24, 2.45) is 16.5 Å². The molecule has 0 spiro atoms. The number of guanidine groups is 1. The molecule has 5 nitrogen and oxygen atoms in total. The van der Waals surface area contributed by atoms with Gasteiger partial charge >= 0.3 is 0 Å². The summed E-state index contributed by atoms with van der Waals surface area (Å²) in [6, 6.07) is 8.76. The topological polar surface area (TPSA) is 70.9 Å². The van der Waals surface area contributed by atoms with Crippen molar-refractivity contribution in [1.29, 1.82) is 0 Å². The number of hydrogen-bond donors (Lipinski definition) is 2. The summed E-state index contributed by atoms with van der Waals surface area (Å²) in [5.41, 5.74) is 13.3. The molecule has 1 aliphatic heterocycles. The maximum Gasteiger partial charge on any atom is 0.185 e. The van der Waals surface area contributed by atoms with E-state index in [4.69, 9.17) is 11.5 Å². The molecule has 1 aromatic carbocycles. The van der Waals surface area contributed by atoms with Crippen LogP contribution in [0.1, 0.15) is 18.4 Å². The van der Waals surface area contributed by atoms with Crippen molar-refractivity contribution in [2.45, 2.75) is 19.8 Å².